The van der Waals surface area contributed by atoms with Gasteiger partial charge in [-0.15, -0.1) is 5.10 Å². The van der Waals surface area contributed by atoms with Gasteiger partial charge in [-0.3, -0.25) is 0 Å². The van der Waals surface area contributed by atoms with Crippen LogP contribution >= 0.6 is 11.3 Å². The van der Waals surface area contributed by atoms with Gasteiger partial charge in [0, 0.05) is 13.0 Å². The van der Waals surface area contributed by atoms with E-state index in [0.717, 1.165) is 6.42 Å². The molecule has 1 amide bonds. The molecule has 0 bridgehead atoms. The molecule has 1 aromatic heterocycles. The molecule has 0 aliphatic carbocycles. The van der Waals surface area contributed by atoms with Gasteiger partial charge in [-0.05, 0) is 32.1 Å². The Morgan fingerprint density at radius 1 is 1.47 bits per heavy atom. The molecule has 2 N–H and O–H groups in total. The number of amides is 1. The average molecular weight is 286 g/mol. The average Bonchev–Trinajstić information content (AvgIpc) is 2.86. The summed E-state index contributed by atoms with van der Waals surface area (Å²) in [6.07, 6.45) is 0.355. The van der Waals surface area contributed by atoms with Crippen LogP contribution in [0, 0.1) is 0 Å². The molecule has 2 rings (SSSR count). The van der Waals surface area contributed by atoms with Crippen LogP contribution in [0.2, 0.25) is 0 Å². The SMILES string of the molecule is CC(C)(C)OC(=O)N1CCC(Oc2nnc(N)s2)C1. The summed E-state index contributed by atoms with van der Waals surface area (Å²) in [6.45, 7) is 6.65. The van der Waals surface area contributed by atoms with Crippen molar-refractivity contribution in [2.45, 2.75) is 38.9 Å². The van der Waals surface area contributed by atoms with Gasteiger partial charge in [0.1, 0.15) is 11.7 Å². The van der Waals surface area contributed by atoms with Crippen LogP contribution in [0.3, 0.4) is 0 Å². The predicted molar refractivity (Wildman–Crippen MR) is 71.2 cm³/mol. The van der Waals surface area contributed by atoms with Crippen molar-refractivity contribution in [3.05, 3.63) is 0 Å². The molecule has 7 nitrogen and oxygen atoms in total. The summed E-state index contributed by atoms with van der Waals surface area (Å²) in [5, 5.41) is 8.28. The van der Waals surface area contributed by atoms with Crippen LogP contribution in [-0.2, 0) is 4.74 Å². The van der Waals surface area contributed by atoms with Gasteiger partial charge in [0.25, 0.3) is 5.19 Å². The zero-order valence-electron chi connectivity index (χ0n) is 11.3. The fourth-order valence-corrected chi connectivity index (χ4v) is 2.25. The maximum atomic E-state index is 11.9. The van der Waals surface area contributed by atoms with E-state index in [2.05, 4.69) is 10.2 Å². The Morgan fingerprint density at radius 2 is 2.21 bits per heavy atom. The van der Waals surface area contributed by atoms with Crippen molar-refractivity contribution in [3.63, 3.8) is 0 Å². The molecular formula is C11H18N4O3S. The quantitative estimate of drug-likeness (QED) is 0.886. The highest BCUT2D eigenvalue weighted by Crippen LogP contribution is 2.24. The third-order valence-corrected chi connectivity index (χ3v) is 3.13. The smallest absolute Gasteiger partial charge is 0.410 e. The minimum atomic E-state index is -0.482. The number of carbonyl (C=O) groups is 1. The van der Waals surface area contributed by atoms with Gasteiger partial charge in [0.2, 0.25) is 5.13 Å². The Balaban J connectivity index is 1.84. The van der Waals surface area contributed by atoms with Crippen LogP contribution in [0.4, 0.5) is 9.93 Å². The number of ether oxygens (including phenoxy) is 2. The Hall–Kier alpha value is -1.57. The van der Waals surface area contributed by atoms with Crippen LogP contribution in [0.25, 0.3) is 0 Å². The summed E-state index contributed by atoms with van der Waals surface area (Å²) in [7, 11) is 0. The van der Waals surface area contributed by atoms with E-state index >= 15 is 0 Å². The molecule has 0 radical (unpaired) electrons. The second-order valence-corrected chi connectivity index (χ2v) is 6.33. The molecule has 1 aromatic rings. The number of nitrogens with zero attached hydrogens (tertiary/aromatic N) is 3. The van der Waals surface area contributed by atoms with Gasteiger partial charge in [0.05, 0.1) is 6.54 Å². The van der Waals surface area contributed by atoms with Gasteiger partial charge < -0.3 is 20.1 Å². The maximum absolute atomic E-state index is 11.9. The standard InChI is InChI=1S/C11H18N4O3S/c1-11(2,3)18-10(16)15-5-4-7(6-15)17-9-14-13-8(12)19-9/h7H,4-6H2,1-3H3,(H2,12,13). The summed E-state index contributed by atoms with van der Waals surface area (Å²) in [5.41, 5.74) is 5.00. The molecule has 0 spiro atoms. The third kappa shape index (κ3) is 3.95. The lowest BCUT2D eigenvalue weighted by molar-refractivity contribution is 0.0275. The van der Waals surface area contributed by atoms with Gasteiger partial charge >= 0.3 is 6.09 Å². The van der Waals surface area contributed by atoms with Crippen LogP contribution < -0.4 is 10.5 Å². The van der Waals surface area contributed by atoms with E-state index in [0.29, 0.717) is 23.4 Å². The summed E-state index contributed by atoms with van der Waals surface area (Å²) in [6, 6.07) is 0. The lowest BCUT2D eigenvalue weighted by Crippen LogP contribution is -2.36. The molecule has 0 saturated carbocycles. The summed E-state index contributed by atoms with van der Waals surface area (Å²) in [5.74, 6) is 0. The lowest BCUT2D eigenvalue weighted by Gasteiger charge is -2.24. The molecule has 1 aliphatic heterocycles. The number of nitrogens with two attached hydrogens (primary N) is 1. The molecule has 1 atom stereocenters. The lowest BCUT2D eigenvalue weighted by atomic mass is 10.2. The molecule has 1 aliphatic rings. The third-order valence-electron chi connectivity index (χ3n) is 2.49. The Morgan fingerprint density at radius 3 is 2.79 bits per heavy atom. The Kier molecular flexibility index (Phi) is 3.79. The van der Waals surface area contributed by atoms with Crippen LogP contribution in [0.15, 0.2) is 0 Å². The monoisotopic (exact) mass is 286 g/mol. The molecule has 2 heterocycles. The van der Waals surface area contributed by atoms with Crippen molar-refractivity contribution < 1.29 is 14.3 Å². The van der Waals surface area contributed by atoms with E-state index in [-0.39, 0.29) is 12.2 Å². The van der Waals surface area contributed by atoms with Crippen molar-refractivity contribution >= 4 is 22.6 Å². The van der Waals surface area contributed by atoms with Gasteiger partial charge in [-0.2, -0.15) is 0 Å². The first-order chi connectivity index (χ1) is 8.83. The van der Waals surface area contributed by atoms with Gasteiger partial charge in [-0.25, -0.2) is 4.79 Å². The Labute approximate surface area is 115 Å². The topological polar surface area (TPSA) is 90.6 Å². The molecule has 8 heteroatoms. The molecule has 1 fully saturated rings. The number of hydrogen-bond donors (Lipinski definition) is 1. The molecular weight excluding hydrogens is 268 g/mol. The predicted octanol–water partition coefficient (Wildman–Crippen LogP) is 1.51. The van der Waals surface area contributed by atoms with E-state index in [9.17, 15) is 4.79 Å². The minimum Gasteiger partial charge on any atom is -0.464 e. The summed E-state index contributed by atoms with van der Waals surface area (Å²) in [4.78, 5) is 13.5. The second-order valence-electron chi connectivity index (χ2n) is 5.36. The first-order valence-corrected chi connectivity index (χ1v) is 6.89. The van der Waals surface area contributed by atoms with Crippen molar-refractivity contribution in [1.82, 2.24) is 15.1 Å². The zero-order valence-corrected chi connectivity index (χ0v) is 12.1. The minimum absolute atomic E-state index is 0.0835. The van der Waals surface area contributed by atoms with E-state index in [1.54, 1.807) is 4.90 Å². The van der Waals surface area contributed by atoms with E-state index < -0.39 is 5.60 Å². The van der Waals surface area contributed by atoms with E-state index in [1.165, 1.54) is 11.3 Å². The molecule has 106 valence electrons. The number of likely N-dealkylation sites (tertiary alicyclic amines) is 1. The number of anilines is 1. The summed E-state index contributed by atoms with van der Waals surface area (Å²) >= 11 is 1.19. The highest BCUT2D eigenvalue weighted by atomic mass is 32.1. The van der Waals surface area contributed by atoms with Crippen molar-refractivity contribution in [2.75, 3.05) is 18.8 Å². The highest BCUT2D eigenvalue weighted by Gasteiger charge is 2.31. The number of aromatic nitrogens is 2. The van der Waals surface area contributed by atoms with Crippen molar-refractivity contribution in [1.29, 1.82) is 0 Å². The van der Waals surface area contributed by atoms with Crippen LogP contribution in [-0.4, -0.2) is 46.0 Å². The first kappa shape index (κ1) is 13.9. The Bertz CT molecular complexity index is 457. The van der Waals surface area contributed by atoms with Crippen molar-refractivity contribution in [3.8, 4) is 5.19 Å². The number of rotatable bonds is 2. The molecule has 1 saturated heterocycles. The fraction of sp³-hybridized carbons (Fsp3) is 0.727. The zero-order chi connectivity index (χ0) is 14.0. The van der Waals surface area contributed by atoms with E-state index in [4.69, 9.17) is 15.2 Å². The summed E-state index contributed by atoms with van der Waals surface area (Å²) < 4.78 is 10.9. The number of hydrogen-bond acceptors (Lipinski definition) is 7. The molecule has 1 unspecified atom stereocenters. The first-order valence-electron chi connectivity index (χ1n) is 6.07. The second kappa shape index (κ2) is 5.20. The molecule has 0 aromatic carbocycles. The van der Waals surface area contributed by atoms with Crippen LogP contribution in [0.1, 0.15) is 27.2 Å². The van der Waals surface area contributed by atoms with Crippen LogP contribution in [0.5, 0.6) is 5.19 Å². The normalized spacial score (nSPS) is 19.5. The largest absolute Gasteiger partial charge is 0.464 e. The fourth-order valence-electron chi connectivity index (χ4n) is 1.73. The van der Waals surface area contributed by atoms with Crippen molar-refractivity contribution in [2.24, 2.45) is 0 Å². The molecule has 19 heavy (non-hydrogen) atoms. The van der Waals surface area contributed by atoms with Gasteiger partial charge in [0.15, 0.2) is 0 Å². The van der Waals surface area contributed by atoms with E-state index in [1.807, 2.05) is 20.8 Å². The van der Waals surface area contributed by atoms with Gasteiger partial charge in [-0.1, -0.05) is 5.10 Å². The number of nitrogen functional groups attached to an aromatic ring is 1. The highest BCUT2D eigenvalue weighted by molar-refractivity contribution is 7.16. The number of carbonyl (C=O) groups excluding carboxylic acids is 1. The maximum Gasteiger partial charge on any atom is 0.410 e.